The van der Waals surface area contributed by atoms with Gasteiger partial charge < -0.3 is 4.90 Å². The fraction of sp³-hybridized carbons (Fsp3) is 0.438. The molecule has 1 aliphatic rings. The molecule has 1 N–H and O–H groups in total. The zero-order chi connectivity index (χ0) is 18.7. The van der Waals surface area contributed by atoms with E-state index in [2.05, 4.69) is 14.9 Å². The van der Waals surface area contributed by atoms with Crippen molar-refractivity contribution in [3.63, 3.8) is 0 Å². The van der Waals surface area contributed by atoms with Gasteiger partial charge in [-0.25, -0.2) is 8.42 Å². The number of fused-ring (bicyclic) bond motifs is 1. The number of sulfonamides is 1. The number of amides is 1. The van der Waals surface area contributed by atoms with Crippen LogP contribution in [0, 0.1) is 6.92 Å². The van der Waals surface area contributed by atoms with Crippen LogP contribution in [0.15, 0.2) is 23.1 Å². The molecule has 0 saturated heterocycles. The van der Waals surface area contributed by atoms with Crippen molar-refractivity contribution in [2.45, 2.75) is 31.2 Å². The Morgan fingerprint density at radius 1 is 1.35 bits per heavy atom. The van der Waals surface area contributed by atoms with Crippen molar-refractivity contribution in [1.82, 2.24) is 15.1 Å². The third kappa shape index (κ3) is 4.36. The number of aromatic nitrogens is 2. The lowest BCUT2D eigenvalue weighted by molar-refractivity contribution is -0.131. The predicted molar refractivity (Wildman–Crippen MR) is 104 cm³/mol. The van der Waals surface area contributed by atoms with Crippen LogP contribution < -0.4 is 4.72 Å². The summed E-state index contributed by atoms with van der Waals surface area (Å²) in [6.45, 7) is 2.88. The van der Waals surface area contributed by atoms with Crippen molar-refractivity contribution in [1.29, 1.82) is 0 Å². The van der Waals surface area contributed by atoms with Crippen LogP contribution in [0.5, 0.6) is 0 Å². The second-order valence-corrected chi connectivity index (χ2v) is 9.82. The van der Waals surface area contributed by atoms with Gasteiger partial charge in [0.15, 0.2) is 0 Å². The number of thioether (sulfide) groups is 1. The number of hydrogen-bond acceptors (Lipinski definition) is 7. The Bertz CT molecular complexity index is 911. The molecule has 10 heteroatoms. The Morgan fingerprint density at radius 2 is 2.15 bits per heavy atom. The van der Waals surface area contributed by atoms with Crippen LogP contribution in [0.3, 0.4) is 0 Å². The number of hydrogen-bond donors (Lipinski definition) is 1. The Morgan fingerprint density at radius 3 is 2.85 bits per heavy atom. The molecule has 0 spiro atoms. The summed E-state index contributed by atoms with van der Waals surface area (Å²) < 4.78 is 27.7. The lowest BCUT2D eigenvalue weighted by Gasteiger charge is -2.29. The van der Waals surface area contributed by atoms with E-state index in [1.165, 1.54) is 11.3 Å². The second-order valence-electron chi connectivity index (χ2n) is 5.97. The number of rotatable bonds is 6. The summed E-state index contributed by atoms with van der Waals surface area (Å²) in [5, 5.41) is 8.55. The Kier molecular flexibility index (Phi) is 5.83. The van der Waals surface area contributed by atoms with Crippen LogP contribution in [-0.4, -0.2) is 48.0 Å². The molecule has 0 aliphatic carbocycles. The number of benzene rings is 1. The van der Waals surface area contributed by atoms with Crippen LogP contribution in [0.1, 0.15) is 22.6 Å². The SMILES string of the molecule is CSCCC(=O)N1CCc2ccc(S(=O)(=O)Nc3nnc(C)s3)cc2C1. The molecule has 0 fully saturated rings. The third-order valence-corrected chi connectivity index (χ3v) is 6.95. The first-order valence-corrected chi connectivity index (χ1v) is 11.8. The lowest BCUT2D eigenvalue weighted by Crippen LogP contribution is -2.36. The number of anilines is 1. The maximum Gasteiger partial charge on any atom is 0.263 e. The van der Waals surface area contributed by atoms with Gasteiger partial charge in [0.25, 0.3) is 10.0 Å². The number of aryl methyl sites for hydroxylation is 1. The molecule has 26 heavy (non-hydrogen) atoms. The largest absolute Gasteiger partial charge is 0.338 e. The molecule has 7 nitrogen and oxygen atoms in total. The summed E-state index contributed by atoms with van der Waals surface area (Å²) >= 11 is 2.83. The summed E-state index contributed by atoms with van der Waals surface area (Å²) in [5.41, 5.74) is 1.97. The van der Waals surface area contributed by atoms with E-state index in [0.717, 1.165) is 23.3 Å². The van der Waals surface area contributed by atoms with Crippen LogP contribution in [0.4, 0.5) is 5.13 Å². The van der Waals surface area contributed by atoms with Crippen LogP contribution >= 0.6 is 23.1 Å². The number of carbonyl (C=O) groups is 1. The van der Waals surface area contributed by atoms with E-state index in [1.54, 1.807) is 35.7 Å². The van der Waals surface area contributed by atoms with E-state index in [0.29, 0.717) is 24.5 Å². The lowest BCUT2D eigenvalue weighted by atomic mass is 10.00. The molecule has 1 aromatic carbocycles. The first-order valence-electron chi connectivity index (χ1n) is 8.10. The fourth-order valence-electron chi connectivity index (χ4n) is 2.77. The maximum atomic E-state index is 12.6. The van der Waals surface area contributed by atoms with Crippen molar-refractivity contribution < 1.29 is 13.2 Å². The van der Waals surface area contributed by atoms with E-state index >= 15 is 0 Å². The van der Waals surface area contributed by atoms with Gasteiger partial charge in [0, 0.05) is 25.3 Å². The molecular weight excluding hydrogens is 392 g/mol. The quantitative estimate of drug-likeness (QED) is 0.783. The molecule has 0 radical (unpaired) electrons. The highest BCUT2D eigenvalue weighted by Crippen LogP contribution is 2.25. The van der Waals surface area contributed by atoms with Gasteiger partial charge in [-0.15, -0.1) is 10.2 Å². The van der Waals surface area contributed by atoms with Gasteiger partial charge in [-0.3, -0.25) is 9.52 Å². The third-order valence-electron chi connectivity index (χ3n) is 4.12. The molecule has 0 bridgehead atoms. The molecule has 1 aliphatic heterocycles. The Balaban J connectivity index is 1.78. The molecule has 3 rings (SSSR count). The van der Waals surface area contributed by atoms with Gasteiger partial charge in [-0.2, -0.15) is 11.8 Å². The minimum absolute atomic E-state index is 0.112. The summed E-state index contributed by atoms with van der Waals surface area (Å²) in [4.78, 5) is 14.2. The standard InChI is InChI=1S/C16H20N4O3S3/c1-11-17-18-16(25-11)19-26(22,23)14-4-3-12-5-7-20(10-13(12)9-14)15(21)6-8-24-2/h3-4,9H,5-8,10H2,1-2H3,(H,18,19). The maximum absolute atomic E-state index is 12.6. The van der Waals surface area contributed by atoms with Crippen molar-refractivity contribution in [2.75, 3.05) is 23.3 Å². The Labute approximate surface area is 161 Å². The molecule has 140 valence electrons. The molecule has 0 unspecified atom stereocenters. The topological polar surface area (TPSA) is 92.3 Å². The van der Waals surface area contributed by atoms with Gasteiger partial charge in [0.1, 0.15) is 5.01 Å². The van der Waals surface area contributed by atoms with Crippen molar-refractivity contribution >= 4 is 44.2 Å². The van der Waals surface area contributed by atoms with Gasteiger partial charge in [0.2, 0.25) is 11.0 Å². The van der Waals surface area contributed by atoms with Crippen molar-refractivity contribution in [2.24, 2.45) is 0 Å². The summed E-state index contributed by atoms with van der Waals surface area (Å²) in [6, 6.07) is 5.08. The molecule has 2 aromatic rings. The first-order chi connectivity index (χ1) is 12.4. The van der Waals surface area contributed by atoms with E-state index in [1.807, 2.05) is 12.3 Å². The molecule has 2 heterocycles. The summed E-state index contributed by atoms with van der Waals surface area (Å²) in [7, 11) is -3.73. The number of nitrogens with zero attached hydrogens (tertiary/aromatic N) is 3. The number of carbonyl (C=O) groups excluding carboxylic acids is 1. The zero-order valence-electron chi connectivity index (χ0n) is 14.6. The van der Waals surface area contributed by atoms with E-state index in [4.69, 9.17) is 0 Å². The molecule has 1 amide bonds. The molecule has 0 saturated carbocycles. The van der Waals surface area contributed by atoms with Gasteiger partial charge in [-0.1, -0.05) is 17.4 Å². The van der Waals surface area contributed by atoms with Crippen molar-refractivity contribution in [3.05, 3.63) is 34.3 Å². The monoisotopic (exact) mass is 412 g/mol. The summed E-state index contributed by atoms with van der Waals surface area (Å²) in [6.07, 6.45) is 3.22. The molecular formula is C16H20N4O3S3. The van der Waals surface area contributed by atoms with Gasteiger partial charge in [0.05, 0.1) is 4.90 Å². The first kappa shape index (κ1) is 19.1. The zero-order valence-corrected chi connectivity index (χ0v) is 17.0. The fourth-order valence-corrected chi connectivity index (χ4v) is 5.02. The highest BCUT2D eigenvalue weighted by Gasteiger charge is 2.23. The van der Waals surface area contributed by atoms with Crippen LogP contribution in [0.2, 0.25) is 0 Å². The minimum atomic E-state index is -3.73. The molecule has 1 aromatic heterocycles. The van der Waals surface area contributed by atoms with Crippen LogP contribution in [-0.2, 0) is 27.8 Å². The smallest absolute Gasteiger partial charge is 0.263 e. The van der Waals surface area contributed by atoms with Crippen LogP contribution in [0.25, 0.3) is 0 Å². The van der Waals surface area contributed by atoms with E-state index < -0.39 is 10.0 Å². The average Bonchev–Trinajstić information content (AvgIpc) is 3.02. The highest BCUT2D eigenvalue weighted by atomic mass is 32.2. The normalized spacial score (nSPS) is 14.2. The predicted octanol–water partition coefficient (Wildman–Crippen LogP) is 2.29. The molecule has 0 atom stereocenters. The Hall–Kier alpha value is -1.65. The number of nitrogens with one attached hydrogen (secondary N) is 1. The highest BCUT2D eigenvalue weighted by molar-refractivity contribution is 7.98. The second kappa shape index (κ2) is 7.93. The summed E-state index contributed by atoms with van der Waals surface area (Å²) in [5.74, 6) is 0.905. The van der Waals surface area contributed by atoms with E-state index in [9.17, 15) is 13.2 Å². The minimum Gasteiger partial charge on any atom is -0.338 e. The van der Waals surface area contributed by atoms with E-state index in [-0.39, 0.29) is 15.9 Å². The van der Waals surface area contributed by atoms with Gasteiger partial charge >= 0.3 is 0 Å². The van der Waals surface area contributed by atoms with Crippen molar-refractivity contribution in [3.8, 4) is 0 Å². The van der Waals surface area contributed by atoms with Gasteiger partial charge in [-0.05, 0) is 42.9 Å². The average molecular weight is 413 g/mol.